The summed E-state index contributed by atoms with van der Waals surface area (Å²) >= 11 is 0. The largest absolute Gasteiger partial charge is 0.381 e. The monoisotopic (exact) mass is 484 g/mol. The molecule has 0 spiro atoms. The van der Waals surface area contributed by atoms with Crippen LogP contribution in [0.15, 0.2) is 36.8 Å². The van der Waals surface area contributed by atoms with Gasteiger partial charge in [-0.3, -0.25) is 9.78 Å². The van der Waals surface area contributed by atoms with Crippen molar-refractivity contribution in [3.05, 3.63) is 42.5 Å². The maximum absolute atomic E-state index is 12.2. The van der Waals surface area contributed by atoms with Gasteiger partial charge in [-0.05, 0) is 37.5 Å². The van der Waals surface area contributed by atoms with Crippen LogP contribution >= 0.6 is 0 Å². The molecule has 7 rings (SSSR count). The molecule has 36 heavy (non-hydrogen) atoms. The average Bonchev–Trinajstić information content (AvgIpc) is 3.61. The van der Waals surface area contributed by atoms with Crippen LogP contribution in [0.4, 0.5) is 11.5 Å². The molecule has 10 heteroatoms. The third-order valence-electron chi connectivity index (χ3n) is 7.97. The fourth-order valence-electron chi connectivity index (χ4n) is 5.87. The minimum atomic E-state index is -0.673. The molecule has 0 radical (unpaired) electrons. The van der Waals surface area contributed by atoms with Crippen molar-refractivity contribution in [2.45, 2.75) is 24.7 Å². The maximum Gasteiger partial charge on any atom is 0.229 e. The summed E-state index contributed by atoms with van der Waals surface area (Å²) in [6.45, 7) is 3.69. The number of nitrogens with two attached hydrogens (primary N) is 1. The van der Waals surface area contributed by atoms with Gasteiger partial charge in [0.25, 0.3) is 0 Å². The van der Waals surface area contributed by atoms with Crippen LogP contribution in [-0.2, 0) is 14.9 Å². The molecule has 1 aliphatic carbocycles. The molecule has 4 aromatic heterocycles. The van der Waals surface area contributed by atoms with E-state index < -0.39 is 5.41 Å². The quantitative estimate of drug-likeness (QED) is 0.443. The summed E-state index contributed by atoms with van der Waals surface area (Å²) in [6.07, 6.45) is 8.30. The van der Waals surface area contributed by atoms with E-state index in [-0.39, 0.29) is 5.91 Å². The number of primary amides is 1. The van der Waals surface area contributed by atoms with Gasteiger partial charge in [0.2, 0.25) is 5.91 Å². The van der Waals surface area contributed by atoms with E-state index in [9.17, 15) is 4.79 Å². The molecule has 1 saturated carbocycles. The van der Waals surface area contributed by atoms with Gasteiger partial charge in [-0.1, -0.05) is 0 Å². The third kappa shape index (κ3) is 3.31. The van der Waals surface area contributed by atoms with Gasteiger partial charge in [0.15, 0.2) is 11.5 Å². The van der Waals surface area contributed by atoms with Crippen molar-refractivity contribution in [3.63, 3.8) is 0 Å². The van der Waals surface area contributed by atoms with Gasteiger partial charge in [0.1, 0.15) is 5.82 Å². The second-order valence-electron chi connectivity index (χ2n) is 10.4. The van der Waals surface area contributed by atoms with Crippen molar-refractivity contribution in [1.29, 1.82) is 0 Å². The van der Waals surface area contributed by atoms with Gasteiger partial charge in [0, 0.05) is 60.7 Å². The minimum absolute atomic E-state index is 0.328. The normalized spacial score (nSPS) is 22.6. The Labute approximate surface area is 207 Å². The predicted molar refractivity (Wildman–Crippen MR) is 136 cm³/mol. The lowest BCUT2D eigenvalue weighted by molar-refractivity contribution is -0.120. The molecular weight excluding hydrogens is 456 g/mol. The summed E-state index contributed by atoms with van der Waals surface area (Å²) in [4.78, 5) is 28.6. The first-order chi connectivity index (χ1) is 17.5. The number of piperidine rings is 1. The van der Waals surface area contributed by atoms with E-state index in [1.165, 1.54) is 6.42 Å². The minimum Gasteiger partial charge on any atom is -0.381 e. The van der Waals surface area contributed by atoms with E-state index in [1.807, 2.05) is 23.7 Å². The highest BCUT2D eigenvalue weighted by Gasteiger charge is 2.51. The van der Waals surface area contributed by atoms with Crippen LogP contribution in [-0.4, -0.2) is 63.8 Å². The first-order valence-electron chi connectivity index (χ1n) is 12.5. The molecule has 10 nitrogen and oxygen atoms in total. The summed E-state index contributed by atoms with van der Waals surface area (Å²) in [5.41, 5.74) is 8.46. The lowest BCUT2D eigenvalue weighted by atomic mass is 9.88. The molecular formula is C26H28N8O2. The summed E-state index contributed by atoms with van der Waals surface area (Å²) in [6, 6.07) is 6.10. The standard InChI is InChI=1S/C26H28N8O2/c1-28-23-19-8-29-21(26(4-5-26)25(27)35)7-18(19)20(9-30-23)24-31-22-3-2-17(12-34(22)32-24)33-10-15-6-16(11-33)14-36-13-15/h2-3,7-9,12,15-16H,4-6,10-11,13-14H2,1H3,(H2,27,35)(H,28,30). The van der Waals surface area contributed by atoms with E-state index in [0.29, 0.717) is 29.2 Å². The smallest absolute Gasteiger partial charge is 0.229 e. The number of carbonyl (C=O) groups excluding carboxylic acids is 1. The SMILES string of the molecule is CNc1ncc(-c2nc3ccc(N4CC5COCC(C5)C4)cn3n2)c2cc(C3(C(N)=O)CC3)ncc12. The maximum atomic E-state index is 12.2. The Morgan fingerprint density at radius 2 is 1.94 bits per heavy atom. The lowest BCUT2D eigenvalue weighted by Gasteiger charge is -2.42. The number of nitrogens with one attached hydrogen (secondary N) is 1. The zero-order valence-corrected chi connectivity index (χ0v) is 20.1. The number of nitrogens with zero attached hydrogens (tertiary/aromatic N) is 6. The number of carbonyl (C=O) groups is 1. The number of rotatable bonds is 5. The Kier molecular flexibility index (Phi) is 4.69. The van der Waals surface area contributed by atoms with E-state index in [2.05, 4.69) is 32.4 Å². The van der Waals surface area contributed by atoms with Gasteiger partial charge in [-0.25, -0.2) is 14.5 Å². The number of hydrogen-bond acceptors (Lipinski definition) is 8. The summed E-state index contributed by atoms with van der Waals surface area (Å²) in [5, 5.41) is 9.71. The molecule has 3 N–H and O–H groups in total. The molecule has 6 heterocycles. The second-order valence-corrected chi connectivity index (χ2v) is 10.4. The number of hydrogen-bond donors (Lipinski definition) is 2. The molecule has 4 aromatic rings. The van der Waals surface area contributed by atoms with Crippen molar-refractivity contribution >= 4 is 33.8 Å². The van der Waals surface area contributed by atoms with Crippen LogP contribution < -0.4 is 16.0 Å². The topological polar surface area (TPSA) is 124 Å². The Morgan fingerprint density at radius 1 is 1.14 bits per heavy atom. The highest BCUT2D eigenvalue weighted by atomic mass is 16.5. The Morgan fingerprint density at radius 3 is 2.67 bits per heavy atom. The van der Waals surface area contributed by atoms with Crippen molar-refractivity contribution in [1.82, 2.24) is 24.6 Å². The van der Waals surface area contributed by atoms with Crippen LogP contribution in [0.1, 0.15) is 25.0 Å². The van der Waals surface area contributed by atoms with E-state index in [4.69, 9.17) is 20.6 Å². The van der Waals surface area contributed by atoms with E-state index in [1.54, 1.807) is 12.4 Å². The summed E-state index contributed by atoms with van der Waals surface area (Å²) in [5.74, 6) is 2.13. The van der Waals surface area contributed by atoms with Crippen molar-refractivity contribution in [2.75, 3.05) is 43.6 Å². The summed E-state index contributed by atoms with van der Waals surface area (Å²) < 4.78 is 7.59. The Hall–Kier alpha value is -3.79. The Balaban J connectivity index is 1.30. The van der Waals surface area contributed by atoms with Gasteiger partial charge in [0.05, 0.1) is 36.2 Å². The van der Waals surface area contributed by atoms with Crippen molar-refractivity contribution in [3.8, 4) is 11.4 Å². The number of amides is 1. The number of anilines is 2. The molecule has 1 amide bonds. The first kappa shape index (κ1) is 21.5. The average molecular weight is 485 g/mol. The molecule has 3 aliphatic rings. The number of aromatic nitrogens is 5. The molecule has 0 aromatic carbocycles. The molecule has 2 atom stereocenters. The number of fused-ring (bicyclic) bond motifs is 4. The Bertz CT molecular complexity index is 1500. The third-order valence-corrected chi connectivity index (χ3v) is 7.97. The molecule has 184 valence electrons. The van der Waals surface area contributed by atoms with Gasteiger partial charge < -0.3 is 20.7 Å². The molecule has 2 aliphatic heterocycles. The van der Waals surface area contributed by atoms with E-state index >= 15 is 0 Å². The van der Waals surface area contributed by atoms with Gasteiger partial charge in [-0.2, -0.15) is 0 Å². The van der Waals surface area contributed by atoms with Crippen LogP contribution in [0.2, 0.25) is 0 Å². The van der Waals surface area contributed by atoms with E-state index in [0.717, 1.165) is 66.8 Å². The fourth-order valence-corrected chi connectivity index (χ4v) is 5.87. The second kappa shape index (κ2) is 7.86. The lowest BCUT2D eigenvalue weighted by Crippen LogP contribution is -2.46. The van der Waals surface area contributed by atoms with Gasteiger partial charge in [-0.15, -0.1) is 5.10 Å². The number of pyridine rings is 3. The van der Waals surface area contributed by atoms with Crippen LogP contribution in [0.5, 0.6) is 0 Å². The summed E-state index contributed by atoms with van der Waals surface area (Å²) in [7, 11) is 1.83. The van der Waals surface area contributed by atoms with Crippen LogP contribution in [0.25, 0.3) is 27.8 Å². The molecule has 2 unspecified atom stereocenters. The number of ether oxygens (including phenoxy) is 1. The fraction of sp³-hybridized carbons (Fsp3) is 0.423. The zero-order valence-electron chi connectivity index (χ0n) is 20.1. The molecule has 2 saturated heterocycles. The molecule has 3 fully saturated rings. The van der Waals surface area contributed by atoms with Crippen molar-refractivity contribution < 1.29 is 9.53 Å². The zero-order chi connectivity index (χ0) is 24.4. The van der Waals surface area contributed by atoms with Crippen LogP contribution in [0.3, 0.4) is 0 Å². The van der Waals surface area contributed by atoms with Crippen molar-refractivity contribution in [2.24, 2.45) is 17.6 Å². The molecule has 2 bridgehead atoms. The highest BCUT2D eigenvalue weighted by molar-refractivity contribution is 6.01. The predicted octanol–water partition coefficient (Wildman–Crippen LogP) is 2.37. The highest BCUT2D eigenvalue weighted by Crippen LogP contribution is 2.48. The first-order valence-corrected chi connectivity index (χ1v) is 12.5. The van der Waals surface area contributed by atoms with Gasteiger partial charge >= 0.3 is 0 Å². The van der Waals surface area contributed by atoms with Crippen LogP contribution in [0, 0.1) is 11.8 Å².